The third-order valence-electron chi connectivity index (χ3n) is 6.59. The summed E-state index contributed by atoms with van der Waals surface area (Å²) in [7, 11) is 2.19. The molecule has 3 aliphatic rings. The van der Waals surface area contributed by atoms with Crippen LogP contribution in [0.4, 0.5) is 5.82 Å². The van der Waals surface area contributed by atoms with Crippen LogP contribution in [0.15, 0.2) is 36.8 Å². The molecule has 2 aromatic heterocycles. The predicted molar refractivity (Wildman–Crippen MR) is 117 cm³/mol. The second-order valence-corrected chi connectivity index (χ2v) is 9.21. The van der Waals surface area contributed by atoms with Gasteiger partial charge in [0, 0.05) is 36.3 Å². The van der Waals surface area contributed by atoms with E-state index in [1.807, 2.05) is 0 Å². The normalized spacial score (nSPS) is 19.3. The van der Waals surface area contributed by atoms with Gasteiger partial charge in [0.1, 0.15) is 0 Å². The molecule has 0 saturated heterocycles. The van der Waals surface area contributed by atoms with Gasteiger partial charge >= 0.3 is 0 Å². The fourth-order valence-corrected chi connectivity index (χ4v) is 4.68. The zero-order valence-corrected chi connectivity index (χ0v) is 17.5. The van der Waals surface area contributed by atoms with Crippen LogP contribution in [0.25, 0.3) is 17.1 Å². The number of hydrogen-bond donors (Lipinski definition) is 2. The smallest absolute Gasteiger partial charge is 0.254 e. The van der Waals surface area contributed by atoms with Gasteiger partial charge in [-0.1, -0.05) is 12.1 Å². The molecule has 31 heavy (non-hydrogen) atoms. The van der Waals surface area contributed by atoms with E-state index in [9.17, 15) is 4.79 Å². The van der Waals surface area contributed by atoms with Gasteiger partial charge in [0.15, 0.2) is 11.6 Å². The number of likely N-dealkylation sites (N-methyl/N-ethyl adjacent to an activating group) is 1. The zero-order valence-electron chi connectivity index (χ0n) is 17.5. The van der Waals surface area contributed by atoms with Crippen LogP contribution in [-0.2, 0) is 12.0 Å². The number of anilines is 1. The number of benzene rings is 1. The number of carbonyl (C=O) groups is 1. The number of nitrogens with two attached hydrogens (primary N) is 1. The van der Waals surface area contributed by atoms with Crippen molar-refractivity contribution in [1.29, 1.82) is 0 Å². The van der Waals surface area contributed by atoms with Crippen LogP contribution >= 0.6 is 0 Å². The van der Waals surface area contributed by atoms with Crippen LogP contribution in [0, 0.1) is 0 Å². The van der Waals surface area contributed by atoms with Crippen molar-refractivity contribution in [3.63, 3.8) is 0 Å². The first kappa shape index (κ1) is 18.5. The molecule has 6 rings (SSSR count). The molecule has 0 radical (unpaired) electrons. The van der Waals surface area contributed by atoms with Gasteiger partial charge < -0.3 is 16.0 Å². The van der Waals surface area contributed by atoms with Crippen LogP contribution in [0.5, 0.6) is 0 Å². The highest BCUT2D eigenvalue weighted by molar-refractivity contribution is 5.94. The molecule has 0 bridgehead atoms. The molecule has 2 saturated carbocycles. The first-order valence-electron chi connectivity index (χ1n) is 10.8. The summed E-state index contributed by atoms with van der Waals surface area (Å²) in [4.78, 5) is 23.8. The van der Waals surface area contributed by atoms with Gasteiger partial charge in [-0.15, -0.1) is 0 Å². The van der Waals surface area contributed by atoms with Crippen LogP contribution in [0.2, 0.25) is 0 Å². The van der Waals surface area contributed by atoms with Crippen LogP contribution in [0.3, 0.4) is 0 Å². The number of nitrogens with one attached hydrogen (secondary N) is 1. The molecule has 1 aliphatic heterocycles. The fraction of sp³-hybridized carbons (Fsp3) is 0.391. The fourth-order valence-electron chi connectivity index (χ4n) is 4.68. The average molecular weight is 416 g/mol. The van der Waals surface area contributed by atoms with Crippen molar-refractivity contribution < 1.29 is 4.79 Å². The maximum Gasteiger partial charge on any atom is 0.254 e. The molecular weight excluding hydrogens is 390 g/mol. The largest absolute Gasteiger partial charge is 0.381 e. The number of nitrogens with zero attached hydrogens (tertiary/aromatic N) is 5. The lowest BCUT2D eigenvalue weighted by Crippen LogP contribution is -2.35. The Balaban J connectivity index is 1.33. The first-order valence-corrected chi connectivity index (χ1v) is 10.8. The molecule has 8 heteroatoms. The average Bonchev–Trinajstić information content (AvgIpc) is 3.67. The Labute approximate surface area is 180 Å². The Bertz CT molecular complexity index is 1190. The SMILES string of the molecule is CN1Cc2cc(-c3cnc(N)c(-n4cc(C(=O)NC5CC5)cn4)n3)ccc2C2(CC2)C1. The van der Waals surface area contributed by atoms with E-state index in [0.29, 0.717) is 22.8 Å². The Morgan fingerprint density at radius 1 is 1.26 bits per heavy atom. The number of aromatic nitrogens is 4. The minimum atomic E-state index is -0.121. The summed E-state index contributed by atoms with van der Waals surface area (Å²) in [5.74, 6) is 0.580. The summed E-state index contributed by atoms with van der Waals surface area (Å²) >= 11 is 0. The van der Waals surface area contributed by atoms with E-state index < -0.39 is 0 Å². The Morgan fingerprint density at radius 3 is 2.87 bits per heavy atom. The van der Waals surface area contributed by atoms with Crippen molar-refractivity contribution in [3.8, 4) is 17.1 Å². The van der Waals surface area contributed by atoms with Gasteiger partial charge in [-0.2, -0.15) is 5.10 Å². The Hall–Kier alpha value is -3.26. The third-order valence-corrected chi connectivity index (χ3v) is 6.59. The van der Waals surface area contributed by atoms with Crippen LogP contribution in [0.1, 0.15) is 47.2 Å². The topological polar surface area (TPSA) is 102 Å². The number of hydrogen-bond acceptors (Lipinski definition) is 6. The monoisotopic (exact) mass is 415 g/mol. The third kappa shape index (κ3) is 3.27. The summed E-state index contributed by atoms with van der Waals surface area (Å²) in [6.45, 7) is 2.08. The summed E-state index contributed by atoms with van der Waals surface area (Å²) in [6.07, 6.45) is 9.51. The Morgan fingerprint density at radius 2 is 2.10 bits per heavy atom. The molecule has 158 valence electrons. The van der Waals surface area contributed by atoms with E-state index in [2.05, 4.69) is 45.5 Å². The lowest BCUT2D eigenvalue weighted by molar-refractivity contribution is 0.0951. The second kappa shape index (κ2) is 6.62. The van der Waals surface area contributed by atoms with E-state index in [1.54, 1.807) is 12.4 Å². The van der Waals surface area contributed by atoms with Gasteiger partial charge in [0.25, 0.3) is 5.91 Å². The van der Waals surface area contributed by atoms with E-state index in [4.69, 9.17) is 10.7 Å². The molecule has 1 aromatic carbocycles. The molecule has 0 atom stereocenters. The minimum absolute atomic E-state index is 0.121. The Kier molecular flexibility index (Phi) is 3.95. The van der Waals surface area contributed by atoms with Crippen molar-refractivity contribution >= 4 is 11.7 Å². The maximum absolute atomic E-state index is 12.3. The lowest BCUT2D eigenvalue weighted by atomic mass is 9.86. The summed E-state index contributed by atoms with van der Waals surface area (Å²) in [5.41, 5.74) is 11.5. The van der Waals surface area contributed by atoms with Gasteiger partial charge in [0.05, 0.1) is 23.7 Å². The van der Waals surface area contributed by atoms with E-state index in [0.717, 1.165) is 37.2 Å². The van der Waals surface area contributed by atoms with Crippen molar-refractivity contribution in [2.45, 2.75) is 43.7 Å². The number of amides is 1. The van der Waals surface area contributed by atoms with E-state index in [1.165, 1.54) is 34.8 Å². The summed E-state index contributed by atoms with van der Waals surface area (Å²) in [5, 5.41) is 7.27. The number of rotatable bonds is 4. The number of fused-ring (bicyclic) bond motifs is 2. The van der Waals surface area contributed by atoms with Gasteiger partial charge in [-0.25, -0.2) is 14.6 Å². The molecule has 2 fully saturated rings. The van der Waals surface area contributed by atoms with E-state index >= 15 is 0 Å². The number of nitrogen functional groups attached to an aromatic ring is 1. The highest BCUT2D eigenvalue weighted by atomic mass is 16.1. The molecule has 1 spiro atoms. The van der Waals surface area contributed by atoms with Crippen molar-refractivity contribution in [1.82, 2.24) is 30.0 Å². The summed E-state index contributed by atoms with van der Waals surface area (Å²) < 4.78 is 1.53. The quantitative estimate of drug-likeness (QED) is 0.678. The van der Waals surface area contributed by atoms with Gasteiger partial charge in [-0.3, -0.25) is 4.79 Å². The highest BCUT2D eigenvalue weighted by Crippen LogP contribution is 2.52. The van der Waals surface area contributed by atoms with Crippen molar-refractivity contribution in [2.75, 3.05) is 19.3 Å². The lowest BCUT2D eigenvalue weighted by Gasteiger charge is -2.32. The predicted octanol–water partition coefficient (Wildman–Crippen LogP) is 2.28. The maximum atomic E-state index is 12.3. The number of carbonyl (C=O) groups excluding carboxylic acids is 1. The molecule has 1 amide bonds. The molecule has 3 heterocycles. The van der Waals surface area contributed by atoms with Gasteiger partial charge in [-0.05, 0) is 49.9 Å². The molecule has 3 aromatic rings. The molecule has 8 nitrogen and oxygen atoms in total. The minimum Gasteiger partial charge on any atom is -0.381 e. The zero-order chi connectivity index (χ0) is 21.2. The first-order chi connectivity index (χ1) is 15.0. The molecule has 0 unspecified atom stereocenters. The van der Waals surface area contributed by atoms with E-state index in [-0.39, 0.29) is 11.7 Å². The highest BCUT2D eigenvalue weighted by Gasteiger charge is 2.48. The van der Waals surface area contributed by atoms with Crippen molar-refractivity contribution in [2.24, 2.45) is 0 Å². The molecular formula is C23H25N7O. The second-order valence-electron chi connectivity index (χ2n) is 9.21. The van der Waals surface area contributed by atoms with Gasteiger partial charge in [0.2, 0.25) is 0 Å². The standard InChI is InChI=1S/C23H25N7O/c1-29-11-15-8-14(2-5-18(15)23(13-29)6-7-23)19-10-25-20(24)21(28-19)30-12-16(9-26-30)22(31)27-17-3-4-17/h2,5,8-10,12,17H,3-4,6-7,11,13H2,1H3,(H2,24,25)(H,27,31). The van der Waals surface area contributed by atoms with Crippen LogP contribution < -0.4 is 11.1 Å². The van der Waals surface area contributed by atoms with Crippen molar-refractivity contribution in [3.05, 3.63) is 53.5 Å². The summed E-state index contributed by atoms with van der Waals surface area (Å²) in [6, 6.07) is 6.91. The molecule has 2 aliphatic carbocycles. The molecule has 3 N–H and O–H groups in total. The van der Waals surface area contributed by atoms with Crippen LogP contribution in [-0.4, -0.2) is 50.2 Å².